The molecule has 15 nitrogen and oxygen atoms in total. The molecule has 0 spiro atoms. The number of allylic oxidation sites excluding steroid dienone is 1. The Bertz CT molecular complexity index is 2270. The number of nitrogens with zero attached hydrogens (tertiary/aromatic N) is 4. The predicted octanol–water partition coefficient (Wildman–Crippen LogP) is 6.36. The number of carbonyl (C=O) groups is 4. The molecule has 7 atom stereocenters. The maximum atomic E-state index is 15.1. The molecule has 6 rings (SSSR count). The molecule has 0 unspecified atom stereocenters. The minimum Gasteiger partial charge on any atom is -0.494 e. The van der Waals surface area contributed by atoms with E-state index in [4.69, 9.17) is 9.47 Å². The van der Waals surface area contributed by atoms with Crippen LogP contribution < -0.4 is 19.5 Å². The van der Waals surface area contributed by atoms with E-state index in [0.717, 1.165) is 4.90 Å². The summed E-state index contributed by atoms with van der Waals surface area (Å²) in [4.78, 5) is 65.4. The highest BCUT2D eigenvalue weighted by Crippen LogP contribution is 2.48. The number of alkyl halides is 6. The van der Waals surface area contributed by atoms with Crippen LogP contribution in [0.1, 0.15) is 98.6 Å². The number of rotatable bonds is 10. The SMILES string of the molecule is CCOc1ccc2nc(C(F)(F)F)c(O[C@@H]3C[C@H]4C(=O)N[C@]5(C(=O)NS(=O)(=O)C6(C)CC6)C[C@H]5C=CCC[C@@H](C)C[C@@H](CC)[C@H](N(C(=O)O)C(C)(C)C(F)(F)F)C(=O)N4C3)nc2c1. The van der Waals surface area contributed by atoms with E-state index in [0.29, 0.717) is 26.7 Å². The van der Waals surface area contributed by atoms with Crippen LogP contribution in [0.3, 0.4) is 0 Å². The molecule has 0 bridgehead atoms. The van der Waals surface area contributed by atoms with E-state index in [-0.39, 0.29) is 66.3 Å². The fraction of sp³-hybridized carbons (Fsp3) is 0.659. The maximum absolute atomic E-state index is 15.1. The van der Waals surface area contributed by atoms with Gasteiger partial charge in [-0.2, -0.15) is 26.3 Å². The van der Waals surface area contributed by atoms with Crippen molar-refractivity contribution in [1.29, 1.82) is 0 Å². The topological polar surface area (TPSA) is 197 Å². The number of sulfonamides is 1. The average molecular weight is 919 g/mol. The number of ether oxygens (including phenoxy) is 2. The number of hydrogen-bond acceptors (Lipinski definition) is 10. The average Bonchev–Trinajstić information content (AvgIpc) is 4.06. The standard InChI is InChI=1S/C41H52F6N6O9S/c1-7-23-17-22(3)11-9-10-12-24-20-39(24,35(56)51-63(59,60)38(6)15-16-38)50-32(54)29-19-26(21-52(29)34(55)30(23)53(36(57)58)37(4,5)41(45,46)47)62-33-31(40(42,43)44)48-27-14-13-25(61-8-2)18-28(27)49-33/h10,12-14,18,22-24,26,29-30H,7-9,11,15-17,19-21H2,1-6H3,(H,50,54)(H,51,56)(H,57,58)/t22-,23-,24-,26-,29+,30+,39-/m1/s1. The van der Waals surface area contributed by atoms with Crippen molar-refractivity contribution in [3.8, 4) is 11.6 Å². The summed E-state index contributed by atoms with van der Waals surface area (Å²) in [5.41, 5.74) is -6.87. The quantitative estimate of drug-likeness (QED) is 0.177. The second-order valence-corrected chi connectivity index (χ2v) is 20.0. The lowest BCUT2D eigenvalue weighted by atomic mass is 9.82. The summed E-state index contributed by atoms with van der Waals surface area (Å²) in [7, 11) is -4.23. The van der Waals surface area contributed by atoms with E-state index in [9.17, 15) is 54.3 Å². The molecule has 2 aromatic rings. The smallest absolute Gasteiger partial charge is 0.438 e. The molecule has 4 amide bonds. The molecule has 1 aromatic carbocycles. The molecule has 3 heterocycles. The number of hydrogen-bond donors (Lipinski definition) is 3. The molecule has 1 saturated heterocycles. The number of fused-ring (bicyclic) bond motifs is 3. The Kier molecular flexibility index (Phi) is 12.8. The van der Waals surface area contributed by atoms with Gasteiger partial charge in [0.1, 0.15) is 35.0 Å². The first-order valence-electron chi connectivity index (χ1n) is 20.8. The number of nitrogens with one attached hydrogen (secondary N) is 2. The second kappa shape index (κ2) is 16.9. The normalized spacial score (nSPS) is 27.9. The van der Waals surface area contributed by atoms with Crippen LogP contribution in [0.4, 0.5) is 31.1 Å². The van der Waals surface area contributed by atoms with E-state index in [2.05, 4.69) is 20.0 Å². The van der Waals surface area contributed by atoms with Crippen molar-refractivity contribution >= 4 is 44.9 Å². The Balaban J connectivity index is 1.47. The lowest BCUT2D eigenvalue weighted by molar-refractivity contribution is -0.222. The molecule has 63 heavy (non-hydrogen) atoms. The minimum atomic E-state index is -5.21. The van der Waals surface area contributed by atoms with Gasteiger partial charge in [-0.15, -0.1) is 0 Å². The molecule has 3 N–H and O–H groups in total. The third-order valence-electron chi connectivity index (χ3n) is 12.8. The molecule has 2 aliphatic heterocycles. The van der Waals surface area contributed by atoms with Gasteiger partial charge in [0.15, 0.2) is 0 Å². The monoisotopic (exact) mass is 918 g/mol. The van der Waals surface area contributed by atoms with Crippen molar-refractivity contribution in [3.05, 3.63) is 36.0 Å². The van der Waals surface area contributed by atoms with Crippen molar-refractivity contribution in [2.45, 2.75) is 139 Å². The van der Waals surface area contributed by atoms with Crippen molar-refractivity contribution < 1.29 is 68.5 Å². The fourth-order valence-electron chi connectivity index (χ4n) is 8.47. The highest BCUT2D eigenvalue weighted by Gasteiger charge is 2.64. The van der Waals surface area contributed by atoms with Crippen LogP contribution in [-0.4, -0.2) is 110 Å². The first-order valence-corrected chi connectivity index (χ1v) is 22.3. The van der Waals surface area contributed by atoms with Crippen molar-refractivity contribution in [2.24, 2.45) is 17.8 Å². The third-order valence-corrected chi connectivity index (χ3v) is 15.0. The number of carbonyl (C=O) groups excluding carboxylic acids is 3. The largest absolute Gasteiger partial charge is 0.494 e. The van der Waals surface area contributed by atoms with Crippen LogP contribution in [0.25, 0.3) is 11.0 Å². The van der Waals surface area contributed by atoms with Gasteiger partial charge in [-0.05, 0) is 90.2 Å². The third kappa shape index (κ3) is 9.36. The first-order chi connectivity index (χ1) is 29.2. The van der Waals surface area contributed by atoms with Gasteiger partial charge >= 0.3 is 18.4 Å². The summed E-state index contributed by atoms with van der Waals surface area (Å²) in [5, 5.41) is 13.1. The molecule has 2 aliphatic carbocycles. The number of carboxylic acid groups (broad SMARTS) is 1. The molecule has 348 valence electrons. The molecule has 3 fully saturated rings. The number of halogens is 6. The Hall–Kier alpha value is -4.89. The van der Waals surface area contributed by atoms with Crippen LogP contribution >= 0.6 is 0 Å². The van der Waals surface area contributed by atoms with E-state index in [1.54, 1.807) is 32.9 Å². The van der Waals surface area contributed by atoms with Crippen LogP contribution in [0, 0.1) is 17.8 Å². The zero-order valence-corrected chi connectivity index (χ0v) is 36.4. The van der Waals surface area contributed by atoms with Gasteiger partial charge in [0.25, 0.3) is 5.91 Å². The van der Waals surface area contributed by atoms with E-state index >= 15 is 4.79 Å². The lowest BCUT2D eigenvalue weighted by Crippen LogP contribution is -2.66. The van der Waals surface area contributed by atoms with Gasteiger partial charge in [0.05, 0.1) is 28.9 Å². The highest BCUT2D eigenvalue weighted by atomic mass is 32.2. The number of benzene rings is 1. The number of aromatic nitrogens is 2. The Morgan fingerprint density at radius 2 is 1.75 bits per heavy atom. The molecule has 2 saturated carbocycles. The zero-order chi connectivity index (χ0) is 46.7. The Morgan fingerprint density at radius 3 is 2.33 bits per heavy atom. The van der Waals surface area contributed by atoms with Gasteiger partial charge in [-0.25, -0.2) is 23.2 Å². The van der Waals surface area contributed by atoms with Gasteiger partial charge in [0.2, 0.25) is 33.4 Å². The highest BCUT2D eigenvalue weighted by molar-refractivity contribution is 7.91. The molecular formula is C41H52F6N6O9S. The summed E-state index contributed by atoms with van der Waals surface area (Å²) < 4.78 is 127. The fourth-order valence-corrected chi connectivity index (χ4v) is 9.78. The molecular weight excluding hydrogens is 867 g/mol. The van der Waals surface area contributed by atoms with Gasteiger partial charge < -0.3 is 24.8 Å². The van der Waals surface area contributed by atoms with Crippen molar-refractivity contribution in [3.63, 3.8) is 0 Å². The minimum absolute atomic E-state index is 0.00302. The van der Waals surface area contributed by atoms with Crippen LogP contribution in [0.5, 0.6) is 11.6 Å². The van der Waals surface area contributed by atoms with Crippen LogP contribution in [0.2, 0.25) is 0 Å². The van der Waals surface area contributed by atoms with Crippen LogP contribution in [-0.2, 0) is 30.6 Å². The number of amides is 4. The summed E-state index contributed by atoms with van der Waals surface area (Å²) in [6.07, 6.45) is -9.89. The predicted molar refractivity (Wildman–Crippen MR) is 214 cm³/mol. The molecule has 1 aromatic heterocycles. The zero-order valence-electron chi connectivity index (χ0n) is 35.6. The molecule has 22 heteroatoms. The summed E-state index contributed by atoms with van der Waals surface area (Å²) in [5.74, 6) is -6.34. The summed E-state index contributed by atoms with van der Waals surface area (Å²) >= 11 is 0. The second-order valence-electron chi connectivity index (χ2n) is 17.8. The maximum Gasteiger partial charge on any atom is 0.438 e. The summed E-state index contributed by atoms with van der Waals surface area (Å²) in [6.45, 7) is 7.16. The van der Waals surface area contributed by atoms with Gasteiger partial charge in [0, 0.05) is 18.4 Å². The Labute approximate surface area is 360 Å². The molecule has 0 radical (unpaired) electrons. The van der Waals surface area contributed by atoms with Gasteiger partial charge in [-0.3, -0.25) is 24.0 Å². The van der Waals surface area contributed by atoms with E-state index < -0.39 is 117 Å². The van der Waals surface area contributed by atoms with E-state index in [1.165, 1.54) is 25.1 Å². The van der Waals surface area contributed by atoms with E-state index in [1.807, 2.05) is 0 Å². The van der Waals surface area contributed by atoms with Gasteiger partial charge in [-0.1, -0.05) is 32.4 Å². The molecule has 4 aliphatic rings. The van der Waals surface area contributed by atoms with Crippen molar-refractivity contribution in [2.75, 3.05) is 13.2 Å². The summed E-state index contributed by atoms with van der Waals surface area (Å²) in [6, 6.07) is 0.104. The first kappa shape index (κ1) is 47.6. The van der Waals surface area contributed by atoms with Crippen LogP contribution in [0.15, 0.2) is 30.4 Å². The lowest BCUT2D eigenvalue weighted by Gasteiger charge is -2.46. The Morgan fingerprint density at radius 1 is 1.06 bits per heavy atom. The van der Waals surface area contributed by atoms with Crippen molar-refractivity contribution in [1.82, 2.24) is 29.8 Å².